The van der Waals surface area contributed by atoms with E-state index < -0.39 is 0 Å². The topological polar surface area (TPSA) is 27.3 Å². The van der Waals surface area contributed by atoms with E-state index in [-0.39, 0.29) is 21.7 Å². The SMILES string of the molecule is COc1ccc2c(c1)c1c3c4cccc(-c5cc(C(C)(C)C)cc(C(C)(C)C)c5)c4n4c5ccc(OC)cc5c(c5c6cccc(-c7cc(C(C)(C)C)cc(C(C)(C)C)c7)c6n2c15)c34. The van der Waals surface area contributed by atoms with Crippen molar-refractivity contribution in [3.8, 4) is 33.8 Å². The van der Waals surface area contributed by atoms with Gasteiger partial charge >= 0.3 is 0 Å². The molecule has 64 heavy (non-hydrogen) atoms. The number of fused-ring (bicyclic) bond motifs is 14. The Kier molecular flexibility index (Phi) is 8.33. The molecule has 322 valence electrons. The smallest absolute Gasteiger partial charge is 0.119 e. The van der Waals surface area contributed by atoms with E-state index in [1.54, 1.807) is 14.2 Å². The van der Waals surface area contributed by atoms with Crippen molar-refractivity contribution in [2.24, 2.45) is 0 Å². The van der Waals surface area contributed by atoms with Gasteiger partial charge in [0.25, 0.3) is 0 Å². The van der Waals surface area contributed by atoms with Gasteiger partial charge in [0.15, 0.2) is 0 Å². The van der Waals surface area contributed by atoms with E-state index in [0.29, 0.717) is 0 Å². The summed E-state index contributed by atoms with van der Waals surface area (Å²) in [6.07, 6.45) is 0. The highest BCUT2D eigenvalue weighted by Gasteiger charge is 2.32. The van der Waals surface area contributed by atoms with Gasteiger partial charge < -0.3 is 18.3 Å². The normalized spacial score (nSPS) is 13.5. The molecule has 4 nitrogen and oxygen atoms in total. The molecule has 0 unspecified atom stereocenters. The number of hydrogen-bond acceptors (Lipinski definition) is 2. The molecule has 0 saturated carbocycles. The Balaban J connectivity index is 1.39. The summed E-state index contributed by atoms with van der Waals surface area (Å²) in [7, 11) is 3.56. The second kappa shape index (κ2) is 13.2. The van der Waals surface area contributed by atoms with E-state index >= 15 is 0 Å². The molecular formula is C60H60N2O2. The minimum absolute atomic E-state index is 0.0194. The van der Waals surface area contributed by atoms with Crippen LogP contribution in [0.5, 0.6) is 11.5 Å². The molecule has 11 aromatic rings. The highest BCUT2D eigenvalue weighted by atomic mass is 16.5. The van der Waals surface area contributed by atoms with E-state index in [2.05, 4.69) is 201 Å². The highest BCUT2D eigenvalue weighted by Crippen LogP contribution is 2.54. The maximum Gasteiger partial charge on any atom is 0.119 e. The summed E-state index contributed by atoms with van der Waals surface area (Å²) in [6.45, 7) is 27.9. The summed E-state index contributed by atoms with van der Waals surface area (Å²) >= 11 is 0. The second-order valence-electron chi connectivity index (χ2n) is 22.6. The zero-order valence-corrected chi connectivity index (χ0v) is 40.1. The van der Waals surface area contributed by atoms with Gasteiger partial charge in [0, 0.05) is 54.2 Å². The van der Waals surface area contributed by atoms with E-state index in [9.17, 15) is 0 Å². The van der Waals surface area contributed by atoms with Gasteiger partial charge in [0.2, 0.25) is 0 Å². The van der Waals surface area contributed by atoms with Crippen molar-refractivity contribution in [3.05, 3.63) is 131 Å². The van der Waals surface area contributed by atoms with Crippen LogP contribution in [0.25, 0.3) is 98.4 Å². The second-order valence-corrected chi connectivity index (χ2v) is 22.6. The van der Waals surface area contributed by atoms with Crippen LogP contribution in [0.15, 0.2) is 109 Å². The van der Waals surface area contributed by atoms with Gasteiger partial charge in [-0.3, -0.25) is 0 Å². The van der Waals surface area contributed by atoms with Crippen LogP contribution in [0.3, 0.4) is 0 Å². The molecule has 4 heterocycles. The van der Waals surface area contributed by atoms with Crippen molar-refractivity contribution in [1.29, 1.82) is 0 Å². The maximum absolute atomic E-state index is 6.02. The van der Waals surface area contributed by atoms with E-state index in [1.807, 2.05) is 0 Å². The molecular weight excluding hydrogens is 781 g/mol. The lowest BCUT2D eigenvalue weighted by atomic mass is 9.78. The Labute approximate surface area is 377 Å². The van der Waals surface area contributed by atoms with E-state index in [1.165, 1.54) is 121 Å². The third-order valence-electron chi connectivity index (χ3n) is 14.3. The third kappa shape index (κ3) is 5.66. The van der Waals surface area contributed by atoms with Crippen LogP contribution in [0.4, 0.5) is 0 Å². The molecule has 0 bridgehead atoms. The fraction of sp³-hybridized carbons (Fsp3) is 0.300. The number of aromatic nitrogens is 2. The van der Waals surface area contributed by atoms with Crippen LogP contribution < -0.4 is 9.47 Å². The quantitative estimate of drug-likeness (QED) is 0.177. The molecule has 0 atom stereocenters. The Hall–Kier alpha value is -6.26. The number of ether oxygens (including phenoxy) is 2. The molecule has 4 aromatic heterocycles. The monoisotopic (exact) mass is 840 g/mol. The Bertz CT molecular complexity index is 3400. The van der Waals surface area contributed by atoms with Crippen LogP contribution in [-0.4, -0.2) is 23.0 Å². The average molecular weight is 841 g/mol. The van der Waals surface area contributed by atoms with Crippen molar-refractivity contribution in [2.45, 2.75) is 105 Å². The van der Waals surface area contributed by atoms with Crippen LogP contribution >= 0.6 is 0 Å². The minimum Gasteiger partial charge on any atom is -0.497 e. The van der Waals surface area contributed by atoms with Gasteiger partial charge in [0.1, 0.15) is 11.5 Å². The lowest BCUT2D eigenvalue weighted by molar-refractivity contribution is 0.415. The minimum atomic E-state index is -0.0194. The molecule has 0 saturated heterocycles. The van der Waals surface area contributed by atoms with Crippen molar-refractivity contribution in [3.63, 3.8) is 0 Å². The van der Waals surface area contributed by atoms with E-state index in [4.69, 9.17) is 9.47 Å². The lowest BCUT2D eigenvalue weighted by Crippen LogP contribution is -2.16. The Morgan fingerprint density at radius 1 is 0.344 bits per heavy atom. The molecule has 7 aromatic carbocycles. The van der Waals surface area contributed by atoms with Crippen molar-refractivity contribution in [1.82, 2.24) is 8.80 Å². The predicted molar refractivity (Wildman–Crippen MR) is 275 cm³/mol. The summed E-state index contributed by atoms with van der Waals surface area (Å²) < 4.78 is 17.2. The fourth-order valence-electron chi connectivity index (χ4n) is 10.7. The van der Waals surface area contributed by atoms with Gasteiger partial charge in [-0.05, 0) is 91.4 Å². The number of para-hydroxylation sites is 2. The first kappa shape index (κ1) is 40.5. The largest absolute Gasteiger partial charge is 0.497 e. The molecule has 0 spiro atoms. The molecule has 0 aliphatic heterocycles. The molecule has 4 heteroatoms. The molecule has 0 N–H and O–H groups in total. The number of rotatable bonds is 4. The van der Waals surface area contributed by atoms with Crippen LogP contribution in [0.2, 0.25) is 0 Å². The maximum atomic E-state index is 6.02. The molecule has 0 radical (unpaired) electrons. The average Bonchev–Trinajstić information content (AvgIpc) is 3.97. The first-order valence-corrected chi connectivity index (χ1v) is 23.0. The summed E-state index contributed by atoms with van der Waals surface area (Å²) in [4.78, 5) is 0. The zero-order chi connectivity index (χ0) is 45.2. The molecule has 0 aliphatic carbocycles. The fourth-order valence-corrected chi connectivity index (χ4v) is 10.7. The molecule has 11 rings (SSSR count). The molecule has 0 aliphatic rings. The van der Waals surface area contributed by atoms with Crippen molar-refractivity contribution < 1.29 is 9.47 Å². The van der Waals surface area contributed by atoms with E-state index in [0.717, 1.165) is 11.5 Å². The van der Waals surface area contributed by atoms with Gasteiger partial charge in [-0.2, -0.15) is 0 Å². The number of benzene rings is 7. The van der Waals surface area contributed by atoms with Crippen molar-refractivity contribution in [2.75, 3.05) is 14.2 Å². The summed E-state index contributed by atoms with van der Waals surface area (Å²) in [6, 6.07) is 41.9. The van der Waals surface area contributed by atoms with Crippen LogP contribution in [0.1, 0.15) is 105 Å². The molecule has 0 amide bonds. The summed E-state index contributed by atoms with van der Waals surface area (Å²) in [5, 5.41) is 10.00. The predicted octanol–water partition coefficient (Wildman–Crippen LogP) is 16.5. The van der Waals surface area contributed by atoms with Gasteiger partial charge in [-0.1, -0.05) is 156 Å². The zero-order valence-electron chi connectivity index (χ0n) is 40.1. The third-order valence-corrected chi connectivity index (χ3v) is 14.3. The Morgan fingerprint density at radius 2 is 0.672 bits per heavy atom. The van der Waals surface area contributed by atoms with Crippen LogP contribution in [0, 0.1) is 0 Å². The standard InChI is InChI=1S/C60H60N2O2/c1-57(2,3)35-25-33(26-36(29-35)58(4,5)6)41-17-15-19-43-49-51-46-32-40(64-14)22-24-48(46)62-54-42(34-27-37(59(7,8)9)30-38(28-34)60(10,11)12)18-16-20-44(54)50(56(51)62)52-45-31-39(63-13)21-23-47(45)61(53(41)43)55(49)52/h15-32H,1-14H3. The highest BCUT2D eigenvalue weighted by molar-refractivity contribution is 6.46. The summed E-state index contributed by atoms with van der Waals surface area (Å²) in [5.74, 6) is 1.71. The first-order valence-electron chi connectivity index (χ1n) is 23.0. The van der Waals surface area contributed by atoms with Crippen molar-refractivity contribution >= 4 is 76.2 Å². The van der Waals surface area contributed by atoms with Gasteiger partial charge in [0.05, 0.1) is 47.3 Å². The van der Waals surface area contributed by atoms with Gasteiger partial charge in [-0.25, -0.2) is 0 Å². The van der Waals surface area contributed by atoms with Gasteiger partial charge in [-0.15, -0.1) is 0 Å². The number of methoxy groups -OCH3 is 2. The lowest BCUT2D eigenvalue weighted by Gasteiger charge is -2.26. The number of hydrogen-bond donors (Lipinski definition) is 0. The summed E-state index contributed by atoms with van der Waals surface area (Å²) in [5.41, 5.74) is 17.6. The van der Waals surface area contributed by atoms with Crippen LogP contribution in [-0.2, 0) is 21.7 Å². The number of nitrogens with zero attached hydrogens (tertiary/aromatic N) is 2. The first-order chi connectivity index (χ1) is 30.2. The Morgan fingerprint density at radius 3 is 0.984 bits per heavy atom. The molecule has 0 fully saturated rings.